The minimum atomic E-state index is -0.293. The van der Waals surface area contributed by atoms with E-state index in [0.717, 1.165) is 5.69 Å². The molecule has 0 radical (unpaired) electrons. The summed E-state index contributed by atoms with van der Waals surface area (Å²) in [6.07, 6.45) is 4.25. The molecule has 6 heteroatoms. The average Bonchev–Trinajstić information content (AvgIpc) is 3.52. The number of methoxy groups -OCH3 is 1. The van der Waals surface area contributed by atoms with Crippen LogP contribution in [0.15, 0.2) is 53.8 Å². The third-order valence-electron chi connectivity index (χ3n) is 4.42. The number of esters is 1. The molecule has 0 aliphatic heterocycles. The van der Waals surface area contributed by atoms with Gasteiger partial charge in [0.05, 0.1) is 12.9 Å². The lowest BCUT2D eigenvalue weighted by atomic mass is 9.99. The second-order valence-electron chi connectivity index (χ2n) is 6.24. The number of benzene rings is 2. The summed E-state index contributed by atoms with van der Waals surface area (Å²) in [7, 11) is 1.37. The Labute approximate surface area is 156 Å². The summed E-state index contributed by atoms with van der Waals surface area (Å²) < 4.78 is 4.65. The van der Waals surface area contributed by atoms with Gasteiger partial charge in [0.15, 0.2) is 5.16 Å². The van der Waals surface area contributed by atoms with Gasteiger partial charge >= 0.3 is 5.97 Å². The minimum absolute atomic E-state index is 0.193. The quantitative estimate of drug-likeness (QED) is 0.394. The highest BCUT2D eigenvalue weighted by molar-refractivity contribution is 7.99. The Morgan fingerprint density at radius 3 is 2.77 bits per heavy atom. The van der Waals surface area contributed by atoms with Crippen LogP contribution >= 0.6 is 11.8 Å². The SMILES string of the molecule is COC(=O)CSc1nccc(Nc2ccc(C3CC3)c3ccccc23)n1. The molecule has 1 aromatic heterocycles. The fourth-order valence-electron chi connectivity index (χ4n) is 2.98. The van der Waals surface area contributed by atoms with Gasteiger partial charge in [-0.2, -0.15) is 0 Å². The predicted octanol–water partition coefficient (Wildman–Crippen LogP) is 4.52. The largest absolute Gasteiger partial charge is 0.468 e. The summed E-state index contributed by atoms with van der Waals surface area (Å²) in [5, 5.41) is 6.43. The molecule has 1 heterocycles. The van der Waals surface area contributed by atoms with Crippen molar-refractivity contribution in [2.75, 3.05) is 18.2 Å². The third kappa shape index (κ3) is 3.65. The van der Waals surface area contributed by atoms with Crippen LogP contribution in [0.5, 0.6) is 0 Å². The van der Waals surface area contributed by atoms with Gasteiger partial charge in [0.1, 0.15) is 5.82 Å². The summed E-state index contributed by atoms with van der Waals surface area (Å²) in [4.78, 5) is 20.0. The van der Waals surface area contributed by atoms with Gasteiger partial charge in [0.2, 0.25) is 0 Å². The molecule has 2 aromatic carbocycles. The van der Waals surface area contributed by atoms with E-state index >= 15 is 0 Å². The first-order valence-electron chi connectivity index (χ1n) is 8.56. The normalized spacial score (nSPS) is 13.6. The second-order valence-corrected chi connectivity index (χ2v) is 7.18. The number of fused-ring (bicyclic) bond motifs is 1. The number of thioether (sulfide) groups is 1. The number of hydrogen-bond donors (Lipinski definition) is 1. The van der Waals surface area contributed by atoms with Crippen molar-refractivity contribution >= 4 is 40.0 Å². The number of nitrogens with zero attached hydrogens (tertiary/aromatic N) is 2. The highest BCUT2D eigenvalue weighted by atomic mass is 32.2. The molecule has 0 saturated heterocycles. The molecule has 1 fully saturated rings. The average molecular weight is 365 g/mol. The molecule has 132 valence electrons. The van der Waals surface area contributed by atoms with Crippen LogP contribution in [0.3, 0.4) is 0 Å². The summed E-state index contributed by atoms with van der Waals surface area (Å²) in [5.74, 6) is 1.31. The maximum atomic E-state index is 11.3. The van der Waals surface area contributed by atoms with E-state index in [0.29, 0.717) is 16.9 Å². The zero-order valence-electron chi connectivity index (χ0n) is 14.4. The predicted molar refractivity (Wildman–Crippen MR) is 104 cm³/mol. The summed E-state index contributed by atoms with van der Waals surface area (Å²) >= 11 is 1.26. The van der Waals surface area contributed by atoms with Gasteiger partial charge in [0.25, 0.3) is 0 Å². The van der Waals surface area contributed by atoms with Gasteiger partial charge in [-0.1, -0.05) is 42.1 Å². The van der Waals surface area contributed by atoms with Crippen molar-refractivity contribution in [2.45, 2.75) is 23.9 Å². The topological polar surface area (TPSA) is 64.1 Å². The van der Waals surface area contributed by atoms with Crippen LogP contribution in [-0.2, 0) is 9.53 Å². The third-order valence-corrected chi connectivity index (χ3v) is 5.25. The molecule has 1 N–H and O–H groups in total. The van der Waals surface area contributed by atoms with E-state index in [1.165, 1.54) is 48.0 Å². The van der Waals surface area contributed by atoms with E-state index in [9.17, 15) is 4.79 Å². The molecule has 0 atom stereocenters. The standard InChI is InChI=1S/C20H19N3O2S/c1-25-19(24)12-26-20-21-11-10-18(23-20)22-17-9-8-14(13-6-7-13)15-4-2-3-5-16(15)17/h2-5,8-11,13H,6-7,12H2,1H3,(H,21,22,23). The van der Waals surface area contributed by atoms with E-state index in [1.54, 1.807) is 6.20 Å². The Morgan fingerprint density at radius 1 is 1.19 bits per heavy atom. The van der Waals surface area contributed by atoms with Crippen molar-refractivity contribution in [1.82, 2.24) is 9.97 Å². The molecule has 0 spiro atoms. The highest BCUT2D eigenvalue weighted by Crippen LogP contribution is 2.44. The van der Waals surface area contributed by atoms with Crippen LogP contribution in [0, 0.1) is 0 Å². The Kier molecular flexibility index (Phi) is 4.75. The number of aromatic nitrogens is 2. The van der Waals surface area contributed by atoms with Gasteiger partial charge < -0.3 is 10.1 Å². The van der Waals surface area contributed by atoms with Crippen molar-refractivity contribution in [3.63, 3.8) is 0 Å². The Morgan fingerprint density at radius 2 is 2.00 bits per heavy atom. The van der Waals surface area contributed by atoms with Crippen LogP contribution in [0.4, 0.5) is 11.5 Å². The Balaban J connectivity index is 1.59. The van der Waals surface area contributed by atoms with E-state index in [2.05, 4.69) is 56.4 Å². The van der Waals surface area contributed by atoms with Gasteiger partial charge in [0, 0.05) is 17.3 Å². The van der Waals surface area contributed by atoms with Crippen LogP contribution in [-0.4, -0.2) is 28.8 Å². The fraction of sp³-hybridized carbons (Fsp3) is 0.250. The lowest BCUT2D eigenvalue weighted by molar-refractivity contribution is -0.137. The number of carbonyl (C=O) groups excluding carboxylic acids is 1. The lowest BCUT2D eigenvalue weighted by Crippen LogP contribution is -2.04. The maximum Gasteiger partial charge on any atom is 0.316 e. The van der Waals surface area contributed by atoms with Gasteiger partial charge in [-0.05, 0) is 41.8 Å². The smallest absolute Gasteiger partial charge is 0.316 e. The van der Waals surface area contributed by atoms with Gasteiger partial charge in [-0.15, -0.1) is 0 Å². The van der Waals surface area contributed by atoms with Gasteiger partial charge in [-0.3, -0.25) is 4.79 Å². The molecule has 4 rings (SSSR count). The molecular formula is C20H19N3O2S. The monoisotopic (exact) mass is 365 g/mol. The first kappa shape index (κ1) is 16.8. The Bertz CT molecular complexity index is 957. The van der Waals surface area contributed by atoms with Crippen molar-refractivity contribution in [3.05, 3.63) is 54.2 Å². The van der Waals surface area contributed by atoms with Crippen LogP contribution < -0.4 is 5.32 Å². The Hall–Kier alpha value is -2.60. The fourth-order valence-corrected chi connectivity index (χ4v) is 3.65. The molecule has 0 amide bonds. The van der Waals surface area contributed by atoms with Crippen molar-refractivity contribution in [3.8, 4) is 0 Å². The number of anilines is 2. The number of hydrogen-bond acceptors (Lipinski definition) is 6. The molecule has 0 bridgehead atoms. The highest BCUT2D eigenvalue weighted by Gasteiger charge is 2.25. The van der Waals surface area contributed by atoms with Crippen LogP contribution in [0.2, 0.25) is 0 Å². The number of carbonyl (C=O) groups is 1. The van der Waals surface area contributed by atoms with E-state index in [4.69, 9.17) is 0 Å². The lowest BCUT2D eigenvalue weighted by Gasteiger charge is -2.13. The molecule has 5 nitrogen and oxygen atoms in total. The number of ether oxygens (including phenoxy) is 1. The van der Waals surface area contributed by atoms with Crippen molar-refractivity contribution < 1.29 is 9.53 Å². The van der Waals surface area contributed by atoms with Crippen LogP contribution in [0.25, 0.3) is 10.8 Å². The van der Waals surface area contributed by atoms with E-state index < -0.39 is 0 Å². The molecule has 1 aliphatic rings. The molecular weight excluding hydrogens is 346 g/mol. The summed E-state index contributed by atoms with van der Waals surface area (Å²) in [6, 6.07) is 14.6. The summed E-state index contributed by atoms with van der Waals surface area (Å²) in [6.45, 7) is 0. The second kappa shape index (κ2) is 7.33. The maximum absolute atomic E-state index is 11.3. The van der Waals surface area contributed by atoms with E-state index in [-0.39, 0.29) is 11.7 Å². The molecule has 0 unspecified atom stereocenters. The molecule has 1 saturated carbocycles. The zero-order chi connectivity index (χ0) is 17.9. The zero-order valence-corrected chi connectivity index (χ0v) is 15.3. The van der Waals surface area contributed by atoms with Gasteiger partial charge in [-0.25, -0.2) is 9.97 Å². The number of rotatable bonds is 6. The first-order chi connectivity index (χ1) is 12.7. The summed E-state index contributed by atoms with van der Waals surface area (Å²) in [5.41, 5.74) is 2.45. The molecule has 26 heavy (non-hydrogen) atoms. The van der Waals surface area contributed by atoms with Crippen molar-refractivity contribution in [1.29, 1.82) is 0 Å². The minimum Gasteiger partial charge on any atom is -0.468 e. The number of nitrogens with one attached hydrogen (secondary N) is 1. The van der Waals surface area contributed by atoms with E-state index in [1.807, 2.05) is 6.07 Å². The van der Waals surface area contributed by atoms with Crippen LogP contribution in [0.1, 0.15) is 24.3 Å². The first-order valence-corrected chi connectivity index (χ1v) is 9.54. The molecule has 1 aliphatic carbocycles. The molecule has 3 aromatic rings. The van der Waals surface area contributed by atoms with Crippen molar-refractivity contribution in [2.24, 2.45) is 0 Å².